The Labute approximate surface area is 103 Å². The first kappa shape index (κ1) is 13.7. The molecule has 0 aromatic heterocycles. The van der Waals surface area contributed by atoms with Crippen molar-refractivity contribution in [3.05, 3.63) is 22.9 Å². The second-order valence-corrected chi connectivity index (χ2v) is 4.46. The molecule has 3 heteroatoms. The summed E-state index contributed by atoms with van der Waals surface area (Å²) in [6.07, 6.45) is 3.44. The Kier molecular flexibility index (Phi) is 4.67. The van der Waals surface area contributed by atoms with Gasteiger partial charge in [-0.25, -0.2) is 0 Å². The third-order valence-electron chi connectivity index (χ3n) is 3.10. The lowest BCUT2D eigenvalue weighted by atomic mass is 9.94. The second kappa shape index (κ2) is 5.80. The molecule has 0 aliphatic heterocycles. The molecule has 0 bridgehead atoms. The Morgan fingerprint density at radius 2 is 1.53 bits per heavy atom. The van der Waals surface area contributed by atoms with Gasteiger partial charge in [-0.05, 0) is 26.7 Å². The van der Waals surface area contributed by atoms with Crippen molar-refractivity contribution >= 4 is 11.6 Å². The molecule has 17 heavy (non-hydrogen) atoms. The van der Waals surface area contributed by atoms with Gasteiger partial charge in [0.2, 0.25) is 5.78 Å². The quantitative estimate of drug-likeness (QED) is 0.687. The number of Topliss-reactive ketones (excluding diaryl/α,β-unsaturated/α-hetero) is 1. The SMILES string of the molecule is CCCN(CCC)C1=CC(=O)C(C)=C(C)C1=O. The molecular weight excluding hydrogens is 214 g/mol. The minimum absolute atomic E-state index is 0.00370. The molecular formula is C14H21NO2. The fourth-order valence-corrected chi connectivity index (χ4v) is 1.97. The maximum Gasteiger partial charge on any atom is 0.205 e. The Hall–Kier alpha value is -1.38. The van der Waals surface area contributed by atoms with Crippen LogP contribution < -0.4 is 0 Å². The summed E-state index contributed by atoms with van der Waals surface area (Å²) in [5.41, 5.74) is 1.73. The fourth-order valence-electron chi connectivity index (χ4n) is 1.97. The van der Waals surface area contributed by atoms with Gasteiger partial charge in [-0.2, -0.15) is 0 Å². The number of allylic oxidation sites excluding steroid dienone is 3. The van der Waals surface area contributed by atoms with Crippen LogP contribution in [0.1, 0.15) is 40.5 Å². The first-order valence-corrected chi connectivity index (χ1v) is 6.26. The highest BCUT2D eigenvalue weighted by molar-refractivity contribution is 6.21. The monoisotopic (exact) mass is 235 g/mol. The van der Waals surface area contributed by atoms with Gasteiger partial charge in [-0.15, -0.1) is 0 Å². The summed E-state index contributed by atoms with van der Waals surface area (Å²) in [6, 6.07) is 0. The highest BCUT2D eigenvalue weighted by Crippen LogP contribution is 2.21. The molecule has 1 aliphatic rings. The zero-order chi connectivity index (χ0) is 13.0. The molecule has 3 nitrogen and oxygen atoms in total. The van der Waals surface area contributed by atoms with Crippen LogP contribution in [0.4, 0.5) is 0 Å². The van der Waals surface area contributed by atoms with Crippen molar-refractivity contribution in [2.75, 3.05) is 13.1 Å². The minimum Gasteiger partial charge on any atom is -0.368 e. The van der Waals surface area contributed by atoms with Crippen LogP contribution >= 0.6 is 0 Å². The van der Waals surface area contributed by atoms with E-state index in [0.29, 0.717) is 16.8 Å². The average Bonchev–Trinajstić information content (AvgIpc) is 2.31. The zero-order valence-electron chi connectivity index (χ0n) is 11.2. The van der Waals surface area contributed by atoms with E-state index in [9.17, 15) is 9.59 Å². The van der Waals surface area contributed by atoms with E-state index < -0.39 is 0 Å². The first-order chi connectivity index (χ1) is 8.02. The van der Waals surface area contributed by atoms with E-state index in [0.717, 1.165) is 25.9 Å². The Morgan fingerprint density at radius 3 is 2.00 bits per heavy atom. The maximum absolute atomic E-state index is 12.2. The molecule has 1 aliphatic carbocycles. The van der Waals surface area contributed by atoms with Gasteiger partial charge in [-0.3, -0.25) is 9.59 Å². The predicted octanol–water partition coefficient (Wildman–Crippen LogP) is 2.48. The molecule has 0 fully saturated rings. The fraction of sp³-hybridized carbons (Fsp3) is 0.571. The lowest BCUT2D eigenvalue weighted by Gasteiger charge is -2.28. The number of carbonyl (C=O) groups is 2. The Morgan fingerprint density at radius 1 is 1.00 bits per heavy atom. The van der Waals surface area contributed by atoms with Gasteiger partial charge in [0.25, 0.3) is 0 Å². The summed E-state index contributed by atoms with van der Waals surface area (Å²) < 4.78 is 0. The van der Waals surface area contributed by atoms with Crippen molar-refractivity contribution in [1.29, 1.82) is 0 Å². The minimum atomic E-state index is -0.0330. The van der Waals surface area contributed by atoms with Crippen molar-refractivity contribution in [1.82, 2.24) is 4.90 Å². The van der Waals surface area contributed by atoms with E-state index >= 15 is 0 Å². The molecule has 94 valence electrons. The van der Waals surface area contributed by atoms with Crippen molar-refractivity contribution in [2.45, 2.75) is 40.5 Å². The van der Waals surface area contributed by atoms with Crippen molar-refractivity contribution < 1.29 is 9.59 Å². The van der Waals surface area contributed by atoms with E-state index in [1.54, 1.807) is 13.8 Å². The average molecular weight is 235 g/mol. The van der Waals surface area contributed by atoms with Gasteiger partial charge < -0.3 is 4.90 Å². The van der Waals surface area contributed by atoms with Crippen LogP contribution in [-0.2, 0) is 9.59 Å². The van der Waals surface area contributed by atoms with Crippen molar-refractivity contribution in [3.63, 3.8) is 0 Å². The number of nitrogens with zero attached hydrogens (tertiary/aromatic N) is 1. The van der Waals surface area contributed by atoms with Crippen LogP contribution in [0.5, 0.6) is 0 Å². The number of hydrogen-bond acceptors (Lipinski definition) is 3. The molecule has 0 saturated heterocycles. The van der Waals surface area contributed by atoms with Crippen LogP contribution in [0.15, 0.2) is 22.9 Å². The Balaban J connectivity index is 3.01. The summed E-state index contributed by atoms with van der Waals surface area (Å²) in [5.74, 6) is -0.0293. The van der Waals surface area contributed by atoms with Crippen LogP contribution in [0.25, 0.3) is 0 Å². The first-order valence-electron chi connectivity index (χ1n) is 6.26. The highest BCUT2D eigenvalue weighted by atomic mass is 16.1. The smallest absolute Gasteiger partial charge is 0.205 e. The number of rotatable bonds is 5. The zero-order valence-corrected chi connectivity index (χ0v) is 11.2. The van der Waals surface area contributed by atoms with Crippen LogP contribution in [-0.4, -0.2) is 29.6 Å². The van der Waals surface area contributed by atoms with E-state index in [4.69, 9.17) is 0 Å². The summed E-state index contributed by atoms with van der Waals surface area (Å²) in [4.78, 5) is 25.9. The van der Waals surface area contributed by atoms with E-state index in [1.807, 2.05) is 4.90 Å². The largest absolute Gasteiger partial charge is 0.368 e. The molecule has 0 spiro atoms. The van der Waals surface area contributed by atoms with Gasteiger partial charge in [0.15, 0.2) is 5.78 Å². The summed E-state index contributed by atoms with van der Waals surface area (Å²) in [5, 5.41) is 0. The van der Waals surface area contributed by atoms with Crippen LogP contribution in [0.2, 0.25) is 0 Å². The Bertz CT molecular complexity index is 385. The van der Waals surface area contributed by atoms with Crippen molar-refractivity contribution in [3.8, 4) is 0 Å². The standard InChI is InChI=1S/C14H21NO2/c1-5-7-15(8-6-2)12-9-13(16)10(3)11(4)14(12)17/h9H,5-8H2,1-4H3. The van der Waals surface area contributed by atoms with Gasteiger partial charge in [0, 0.05) is 30.3 Å². The summed E-state index contributed by atoms with van der Waals surface area (Å²) in [7, 11) is 0. The van der Waals surface area contributed by atoms with Gasteiger partial charge in [0.1, 0.15) is 0 Å². The van der Waals surface area contributed by atoms with E-state index in [-0.39, 0.29) is 11.6 Å². The number of carbonyl (C=O) groups excluding carboxylic acids is 2. The highest BCUT2D eigenvalue weighted by Gasteiger charge is 2.26. The third kappa shape index (κ3) is 2.84. The van der Waals surface area contributed by atoms with Crippen LogP contribution in [0.3, 0.4) is 0 Å². The molecule has 0 aromatic carbocycles. The van der Waals surface area contributed by atoms with E-state index in [1.165, 1.54) is 6.08 Å². The van der Waals surface area contributed by atoms with E-state index in [2.05, 4.69) is 13.8 Å². The van der Waals surface area contributed by atoms with Gasteiger partial charge in [-0.1, -0.05) is 13.8 Å². The molecule has 0 radical (unpaired) electrons. The van der Waals surface area contributed by atoms with Gasteiger partial charge >= 0.3 is 0 Å². The molecule has 0 saturated carbocycles. The second-order valence-electron chi connectivity index (χ2n) is 4.46. The predicted molar refractivity (Wildman–Crippen MR) is 68.6 cm³/mol. The topological polar surface area (TPSA) is 37.4 Å². The normalized spacial score (nSPS) is 16.4. The van der Waals surface area contributed by atoms with Gasteiger partial charge in [0.05, 0.1) is 5.70 Å². The molecule has 0 aromatic rings. The maximum atomic E-state index is 12.2. The molecule has 0 heterocycles. The number of ketones is 2. The lowest BCUT2D eigenvalue weighted by molar-refractivity contribution is -0.117. The molecule has 0 atom stereocenters. The summed E-state index contributed by atoms with van der Waals surface area (Å²) >= 11 is 0. The number of hydrogen-bond donors (Lipinski definition) is 0. The van der Waals surface area contributed by atoms with Crippen molar-refractivity contribution in [2.24, 2.45) is 0 Å². The summed E-state index contributed by atoms with van der Waals surface area (Å²) in [6.45, 7) is 9.25. The van der Waals surface area contributed by atoms with Crippen LogP contribution in [0, 0.1) is 0 Å². The molecule has 1 rings (SSSR count). The third-order valence-corrected chi connectivity index (χ3v) is 3.10. The molecule has 0 unspecified atom stereocenters. The molecule has 0 amide bonds. The molecule has 0 N–H and O–H groups in total. The lowest BCUT2D eigenvalue weighted by Crippen LogP contribution is -2.32.